The van der Waals surface area contributed by atoms with Gasteiger partial charge in [-0.25, -0.2) is 8.42 Å². The fourth-order valence-electron chi connectivity index (χ4n) is 1.67. The third kappa shape index (κ3) is 6.44. The molecule has 0 fully saturated rings. The molecule has 0 bridgehead atoms. The van der Waals surface area contributed by atoms with Crippen LogP contribution in [-0.4, -0.2) is 33.6 Å². The molecule has 0 saturated carbocycles. The topological polar surface area (TPSA) is 43.4 Å². The molecule has 0 heterocycles. The highest BCUT2D eigenvalue weighted by Crippen LogP contribution is 2.05. The van der Waals surface area contributed by atoms with Crippen molar-refractivity contribution < 1.29 is 13.2 Å². The minimum atomic E-state index is -2.90. The average Bonchev–Trinajstić information content (AvgIpc) is 2.30. The van der Waals surface area contributed by atoms with E-state index in [0.29, 0.717) is 19.4 Å². The van der Waals surface area contributed by atoms with E-state index in [1.807, 2.05) is 30.3 Å². The van der Waals surface area contributed by atoms with Gasteiger partial charge in [-0.2, -0.15) is 0 Å². The smallest absolute Gasteiger partial charge is 0.150 e. The van der Waals surface area contributed by atoms with Crippen LogP contribution in [0.25, 0.3) is 0 Å². The van der Waals surface area contributed by atoms with Gasteiger partial charge in [0.15, 0.2) is 0 Å². The summed E-state index contributed by atoms with van der Waals surface area (Å²) in [6.45, 7) is 0.512. The third-order valence-electron chi connectivity index (χ3n) is 2.57. The van der Waals surface area contributed by atoms with Crippen LogP contribution in [0.5, 0.6) is 0 Å². The minimum Gasteiger partial charge on any atom is -0.385 e. The van der Waals surface area contributed by atoms with Crippen molar-refractivity contribution in [3.8, 4) is 0 Å². The molecule has 0 unspecified atom stereocenters. The highest BCUT2D eigenvalue weighted by molar-refractivity contribution is 7.91. The summed E-state index contributed by atoms with van der Waals surface area (Å²) in [6.07, 6.45) is 2.11. The molecule has 1 rings (SSSR count). The highest BCUT2D eigenvalue weighted by Gasteiger charge is 2.09. The summed E-state index contributed by atoms with van der Waals surface area (Å²) in [5.41, 5.74) is 1.19. The maximum Gasteiger partial charge on any atom is 0.150 e. The first-order chi connectivity index (χ1) is 8.14. The normalized spacial score (nSPS) is 11.6. The Kier molecular flexibility index (Phi) is 6.22. The van der Waals surface area contributed by atoms with Crippen molar-refractivity contribution in [3.63, 3.8) is 0 Å². The van der Waals surface area contributed by atoms with Crippen LogP contribution in [0.3, 0.4) is 0 Å². The second-order valence-electron chi connectivity index (χ2n) is 4.09. The van der Waals surface area contributed by atoms with Crippen LogP contribution in [0.4, 0.5) is 0 Å². The standard InChI is InChI=1S/C13H20O3S/c1-16-10-6-12-17(14,15)11-5-9-13-7-3-2-4-8-13/h2-4,7-8H,5-6,9-12H2,1H3. The third-order valence-corrected chi connectivity index (χ3v) is 4.39. The Hall–Kier alpha value is -0.870. The molecule has 1 aromatic carbocycles. The minimum absolute atomic E-state index is 0.232. The molecule has 0 aliphatic carbocycles. The van der Waals surface area contributed by atoms with Crippen LogP contribution in [0.1, 0.15) is 18.4 Å². The number of methoxy groups -OCH3 is 1. The van der Waals surface area contributed by atoms with Gasteiger partial charge < -0.3 is 4.74 Å². The Labute approximate surface area is 104 Å². The molecule has 0 amide bonds. The predicted molar refractivity (Wildman–Crippen MR) is 69.9 cm³/mol. The lowest BCUT2D eigenvalue weighted by atomic mass is 10.1. The Bertz CT molecular complexity index is 398. The van der Waals surface area contributed by atoms with Gasteiger partial charge in [-0.05, 0) is 24.8 Å². The Balaban J connectivity index is 2.26. The summed E-state index contributed by atoms with van der Waals surface area (Å²) in [5.74, 6) is 0.501. The van der Waals surface area contributed by atoms with Crippen molar-refractivity contribution in [3.05, 3.63) is 35.9 Å². The molecule has 96 valence electrons. The van der Waals surface area contributed by atoms with E-state index in [1.54, 1.807) is 7.11 Å². The molecular weight excluding hydrogens is 236 g/mol. The van der Waals surface area contributed by atoms with E-state index in [-0.39, 0.29) is 11.5 Å². The van der Waals surface area contributed by atoms with Crippen molar-refractivity contribution in [2.45, 2.75) is 19.3 Å². The molecule has 3 nitrogen and oxygen atoms in total. The first kappa shape index (κ1) is 14.2. The maximum atomic E-state index is 11.6. The second kappa shape index (κ2) is 7.45. The zero-order chi connectivity index (χ0) is 12.6. The number of aryl methyl sites for hydroxylation is 1. The van der Waals surface area contributed by atoms with Gasteiger partial charge in [0.25, 0.3) is 0 Å². The van der Waals surface area contributed by atoms with Gasteiger partial charge in [0.2, 0.25) is 0 Å². The molecule has 0 aromatic heterocycles. The Morgan fingerprint density at radius 2 is 1.71 bits per heavy atom. The first-order valence-corrected chi connectivity index (χ1v) is 7.69. The van der Waals surface area contributed by atoms with E-state index < -0.39 is 9.84 Å². The number of sulfone groups is 1. The summed E-state index contributed by atoms with van der Waals surface area (Å²) in [5, 5.41) is 0. The Morgan fingerprint density at radius 3 is 2.35 bits per heavy atom. The number of hydrogen-bond donors (Lipinski definition) is 0. The predicted octanol–water partition coefficient (Wildman–Crippen LogP) is 2.07. The molecule has 0 aliphatic rings. The summed E-state index contributed by atoms with van der Waals surface area (Å²) in [7, 11) is -1.32. The van der Waals surface area contributed by atoms with Crippen molar-refractivity contribution >= 4 is 9.84 Å². The molecule has 1 aromatic rings. The second-order valence-corrected chi connectivity index (χ2v) is 6.39. The molecule has 0 aliphatic heterocycles. The van der Waals surface area contributed by atoms with Crippen LogP contribution in [0.2, 0.25) is 0 Å². The van der Waals surface area contributed by atoms with Gasteiger partial charge in [-0.1, -0.05) is 30.3 Å². The van der Waals surface area contributed by atoms with Crippen LogP contribution in [0.15, 0.2) is 30.3 Å². The van der Waals surface area contributed by atoms with Gasteiger partial charge >= 0.3 is 0 Å². The Morgan fingerprint density at radius 1 is 1.06 bits per heavy atom. The van der Waals surface area contributed by atoms with E-state index in [0.717, 1.165) is 6.42 Å². The summed E-state index contributed by atoms with van der Waals surface area (Å²) >= 11 is 0. The molecule has 4 heteroatoms. The molecule has 0 spiro atoms. The van der Waals surface area contributed by atoms with Crippen LogP contribution >= 0.6 is 0 Å². The molecule has 0 N–H and O–H groups in total. The summed E-state index contributed by atoms with van der Waals surface area (Å²) in [6, 6.07) is 9.96. The van der Waals surface area contributed by atoms with Crippen molar-refractivity contribution in [2.75, 3.05) is 25.2 Å². The monoisotopic (exact) mass is 256 g/mol. The van der Waals surface area contributed by atoms with Crippen molar-refractivity contribution in [1.82, 2.24) is 0 Å². The molecule has 17 heavy (non-hydrogen) atoms. The van der Waals surface area contributed by atoms with Gasteiger partial charge in [-0.3, -0.25) is 0 Å². The zero-order valence-corrected chi connectivity index (χ0v) is 11.1. The zero-order valence-electron chi connectivity index (χ0n) is 10.3. The van der Waals surface area contributed by atoms with Crippen LogP contribution in [-0.2, 0) is 21.0 Å². The maximum absolute atomic E-state index is 11.6. The fourth-order valence-corrected chi connectivity index (χ4v) is 3.01. The lowest BCUT2D eigenvalue weighted by Crippen LogP contribution is -2.13. The van der Waals surface area contributed by atoms with Gasteiger partial charge in [0, 0.05) is 13.7 Å². The number of benzene rings is 1. The van der Waals surface area contributed by atoms with Crippen LogP contribution in [0, 0.1) is 0 Å². The van der Waals surface area contributed by atoms with Gasteiger partial charge in [-0.15, -0.1) is 0 Å². The van der Waals surface area contributed by atoms with E-state index in [4.69, 9.17) is 4.74 Å². The number of ether oxygens (including phenoxy) is 1. The SMILES string of the molecule is COCCCS(=O)(=O)CCCc1ccccc1. The lowest BCUT2D eigenvalue weighted by molar-refractivity contribution is 0.199. The van der Waals surface area contributed by atoms with Gasteiger partial charge in [0.05, 0.1) is 11.5 Å². The molecule has 0 radical (unpaired) electrons. The highest BCUT2D eigenvalue weighted by atomic mass is 32.2. The largest absolute Gasteiger partial charge is 0.385 e. The van der Waals surface area contributed by atoms with E-state index in [1.165, 1.54) is 5.56 Å². The summed E-state index contributed by atoms with van der Waals surface area (Å²) in [4.78, 5) is 0. The quantitative estimate of drug-likeness (QED) is 0.669. The van der Waals surface area contributed by atoms with E-state index >= 15 is 0 Å². The van der Waals surface area contributed by atoms with Gasteiger partial charge in [0.1, 0.15) is 9.84 Å². The average molecular weight is 256 g/mol. The fraction of sp³-hybridized carbons (Fsp3) is 0.538. The molecule has 0 atom stereocenters. The van der Waals surface area contributed by atoms with E-state index in [9.17, 15) is 8.42 Å². The lowest BCUT2D eigenvalue weighted by Gasteiger charge is -2.04. The number of rotatable bonds is 8. The van der Waals surface area contributed by atoms with Crippen molar-refractivity contribution in [2.24, 2.45) is 0 Å². The number of hydrogen-bond acceptors (Lipinski definition) is 3. The summed E-state index contributed by atoms with van der Waals surface area (Å²) < 4.78 is 28.1. The molecular formula is C13H20O3S. The van der Waals surface area contributed by atoms with Crippen molar-refractivity contribution in [1.29, 1.82) is 0 Å². The molecule has 0 saturated heterocycles. The first-order valence-electron chi connectivity index (χ1n) is 5.87. The van der Waals surface area contributed by atoms with Crippen LogP contribution < -0.4 is 0 Å². The van der Waals surface area contributed by atoms with E-state index in [2.05, 4.69) is 0 Å².